The van der Waals surface area contributed by atoms with Gasteiger partial charge in [0, 0.05) is 38.1 Å². The lowest BCUT2D eigenvalue weighted by atomic mass is 10.2. The lowest BCUT2D eigenvalue weighted by molar-refractivity contribution is 0.102. The summed E-state index contributed by atoms with van der Waals surface area (Å²) in [7, 11) is 0. The van der Waals surface area contributed by atoms with Crippen LogP contribution >= 0.6 is 0 Å². The fourth-order valence-electron chi connectivity index (χ4n) is 3.72. The molecule has 2 aliphatic rings. The largest absolute Gasteiger partial charge is 0.371 e. The zero-order chi connectivity index (χ0) is 17.1. The predicted molar refractivity (Wildman–Crippen MR) is 102 cm³/mol. The zero-order valence-electron chi connectivity index (χ0n) is 14.4. The summed E-state index contributed by atoms with van der Waals surface area (Å²) in [5.74, 6) is -0.146. The maximum atomic E-state index is 12.7. The zero-order valence-corrected chi connectivity index (χ0v) is 14.4. The van der Waals surface area contributed by atoms with Gasteiger partial charge in [-0.3, -0.25) is 9.78 Å². The Kier molecular flexibility index (Phi) is 4.55. The van der Waals surface area contributed by atoms with Crippen molar-refractivity contribution in [2.24, 2.45) is 0 Å². The average Bonchev–Trinajstić information content (AvgIpc) is 3.36. The minimum absolute atomic E-state index is 0.146. The molecule has 2 saturated heterocycles. The van der Waals surface area contributed by atoms with E-state index in [0.29, 0.717) is 5.69 Å². The van der Waals surface area contributed by atoms with E-state index in [-0.39, 0.29) is 5.91 Å². The first-order valence-electron chi connectivity index (χ1n) is 9.17. The van der Waals surface area contributed by atoms with Crippen molar-refractivity contribution < 1.29 is 4.79 Å². The van der Waals surface area contributed by atoms with Crippen molar-refractivity contribution in [2.45, 2.75) is 25.7 Å². The van der Waals surface area contributed by atoms with Crippen LogP contribution in [0.25, 0.3) is 0 Å². The number of hydrogen-bond acceptors (Lipinski definition) is 4. The smallest absolute Gasteiger partial charge is 0.274 e. The molecular weight excluding hydrogens is 312 g/mol. The molecule has 2 aliphatic heterocycles. The topological polar surface area (TPSA) is 48.5 Å². The first-order valence-corrected chi connectivity index (χ1v) is 9.17. The molecule has 0 aliphatic carbocycles. The summed E-state index contributed by atoms with van der Waals surface area (Å²) >= 11 is 0. The molecule has 1 aromatic carbocycles. The van der Waals surface area contributed by atoms with E-state index in [1.54, 1.807) is 6.20 Å². The Morgan fingerprint density at radius 3 is 2.36 bits per heavy atom. The van der Waals surface area contributed by atoms with E-state index in [2.05, 4.69) is 26.2 Å². The van der Waals surface area contributed by atoms with Crippen LogP contribution in [0, 0.1) is 0 Å². The quantitative estimate of drug-likeness (QED) is 0.928. The highest BCUT2D eigenvalue weighted by atomic mass is 16.1. The van der Waals surface area contributed by atoms with Crippen molar-refractivity contribution in [1.82, 2.24) is 4.98 Å². The highest BCUT2D eigenvalue weighted by Crippen LogP contribution is 2.29. The Balaban J connectivity index is 1.53. The minimum Gasteiger partial charge on any atom is -0.371 e. The fraction of sp³-hybridized carbons (Fsp3) is 0.400. The van der Waals surface area contributed by atoms with Crippen molar-refractivity contribution in [3.05, 3.63) is 48.3 Å². The monoisotopic (exact) mass is 336 g/mol. The predicted octanol–water partition coefficient (Wildman–Crippen LogP) is 3.53. The molecule has 130 valence electrons. The van der Waals surface area contributed by atoms with Crippen LogP contribution in [-0.4, -0.2) is 37.1 Å². The molecule has 3 heterocycles. The van der Waals surface area contributed by atoms with Gasteiger partial charge >= 0.3 is 0 Å². The maximum Gasteiger partial charge on any atom is 0.274 e. The molecule has 2 fully saturated rings. The third-order valence-electron chi connectivity index (χ3n) is 5.05. The van der Waals surface area contributed by atoms with Gasteiger partial charge in [0.1, 0.15) is 5.69 Å². The molecule has 0 bridgehead atoms. The summed E-state index contributed by atoms with van der Waals surface area (Å²) in [4.78, 5) is 21.7. The molecule has 5 heteroatoms. The number of nitrogens with zero attached hydrogens (tertiary/aromatic N) is 3. The van der Waals surface area contributed by atoms with Gasteiger partial charge in [-0.25, -0.2) is 0 Å². The number of anilines is 3. The summed E-state index contributed by atoms with van der Waals surface area (Å²) < 4.78 is 0. The normalized spacial score (nSPS) is 17.1. The molecule has 5 nitrogen and oxygen atoms in total. The second kappa shape index (κ2) is 7.13. The lowest BCUT2D eigenvalue weighted by Crippen LogP contribution is -2.22. The Hall–Kier alpha value is -2.56. The molecular formula is C20H24N4O. The van der Waals surface area contributed by atoms with Gasteiger partial charge in [-0.15, -0.1) is 0 Å². The van der Waals surface area contributed by atoms with Gasteiger partial charge in [0.25, 0.3) is 5.91 Å². The van der Waals surface area contributed by atoms with Crippen LogP contribution in [0.15, 0.2) is 42.6 Å². The van der Waals surface area contributed by atoms with E-state index in [0.717, 1.165) is 43.2 Å². The van der Waals surface area contributed by atoms with Crippen LogP contribution in [-0.2, 0) is 0 Å². The molecule has 1 aromatic heterocycles. The molecule has 1 amide bonds. The Morgan fingerprint density at radius 2 is 1.60 bits per heavy atom. The van der Waals surface area contributed by atoms with Crippen molar-refractivity contribution in [2.75, 3.05) is 41.3 Å². The van der Waals surface area contributed by atoms with E-state index in [9.17, 15) is 4.79 Å². The van der Waals surface area contributed by atoms with Gasteiger partial charge in [-0.2, -0.15) is 0 Å². The number of amides is 1. The number of rotatable bonds is 4. The van der Waals surface area contributed by atoms with Crippen molar-refractivity contribution in [3.8, 4) is 0 Å². The van der Waals surface area contributed by atoms with E-state index in [1.165, 1.54) is 25.7 Å². The standard InChI is InChI=1S/C20H24N4O/c25-20(18-15-16(9-10-21-18)23-11-3-4-12-23)22-17-7-1-2-8-19(17)24-13-5-6-14-24/h1-2,7-10,15H,3-6,11-14H2,(H,22,25). The van der Waals surface area contributed by atoms with E-state index >= 15 is 0 Å². The van der Waals surface area contributed by atoms with E-state index < -0.39 is 0 Å². The highest BCUT2D eigenvalue weighted by Gasteiger charge is 2.18. The minimum atomic E-state index is -0.146. The number of aromatic nitrogens is 1. The summed E-state index contributed by atoms with van der Waals surface area (Å²) in [5.41, 5.74) is 3.53. The summed E-state index contributed by atoms with van der Waals surface area (Å²) in [5, 5.41) is 3.06. The maximum absolute atomic E-state index is 12.7. The third-order valence-corrected chi connectivity index (χ3v) is 5.05. The van der Waals surface area contributed by atoms with Crippen molar-refractivity contribution in [1.29, 1.82) is 0 Å². The van der Waals surface area contributed by atoms with Crippen molar-refractivity contribution in [3.63, 3.8) is 0 Å². The van der Waals surface area contributed by atoms with Gasteiger partial charge < -0.3 is 15.1 Å². The molecule has 0 radical (unpaired) electrons. The number of carbonyl (C=O) groups is 1. The van der Waals surface area contributed by atoms with Gasteiger partial charge in [-0.05, 0) is 49.9 Å². The van der Waals surface area contributed by atoms with Crippen LogP contribution in [0.2, 0.25) is 0 Å². The van der Waals surface area contributed by atoms with E-state index in [1.807, 2.05) is 30.3 Å². The van der Waals surface area contributed by atoms with Crippen LogP contribution in [0.3, 0.4) is 0 Å². The number of hydrogen-bond donors (Lipinski definition) is 1. The number of benzene rings is 1. The molecule has 1 N–H and O–H groups in total. The summed E-state index contributed by atoms with van der Waals surface area (Å²) in [6, 6.07) is 11.9. The average molecular weight is 336 g/mol. The Bertz CT molecular complexity index is 749. The fourth-order valence-corrected chi connectivity index (χ4v) is 3.72. The van der Waals surface area contributed by atoms with Gasteiger partial charge in [-0.1, -0.05) is 12.1 Å². The number of nitrogens with one attached hydrogen (secondary N) is 1. The number of carbonyl (C=O) groups excluding carboxylic acids is 1. The van der Waals surface area contributed by atoms with Crippen LogP contribution in [0.4, 0.5) is 17.1 Å². The van der Waals surface area contributed by atoms with E-state index in [4.69, 9.17) is 0 Å². The SMILES string of the molecule is O=C(Nc1ccccc1N1CCCC1)c1cc(N2CCCC2)ccn1. The molecule has 0 saturated carbocycles. The summed E-state index contributed by atoms with van der Waals surface area (Å²) in [6.07, 6.45) is 6.58. The first-order chi connectivity index (χ1) is 12.3. The van der Waals surface area contributed by atoms with Crippen LogP contribution in [0.1, 0.15) is 36.2 Å². The van der Waals surface area contributed by atoms with Crippen LogP contribution < -0.4 is 15.1 Å². The van der Waals surface area contributed by atoms with Gasteiger partial charge in [0.05, 0.1) is 11.4 Å². The molecule has 0 spiro atoms. The first kappa shape index (κ1) is 15.9. The van der Waals surface area contributed by atoms with Gasteiger partial charge in [0.15, 0.2) is 0 Å². The Morgan fingerprint density at radius 1 is 0.920 bits per heavy atom. The second-order valence-corrected chi connectivity index (χ2v) is 6.76. The summed E-state index contributed by atoms with van der Waals surface area (Å²) in [6.45, 7) is 4.22. The Labute approximate surface area is 148 Å². The van der Waals surface area contributed by atoms with Crippen molar-refractivity contribution >= 4 is 23.0 Å². The third kappa shape index (κ3) is 3.45. The van der Waals surface area contributed by atoms with Crippen LogP contribution in [0.5, 0.6) is 0 Å². The number of para-hydroxylation sites is 2. The molecule has 0 unspecified atom stereocenters. The molecule has 2 aromatic rings. The second-order valence-electron chi connectivity index (χ2n) is 6.76. The molecule has 4 rings (SSSR count). The number of pyridine rings is 1. The lowest BCUT2D eigenvalue weighted by Gasteiger charge is -2.21. The molecule has 25 heavy (non-hydrogen) atoms. The van der Waals surface area contributed by atoms with Gasteiger partial charge in [0.2, 0.25) is 0 Å². The molecule has 0 atom stereocenters. The highest BCUT2D eigenvalue weighted by molar-refractivity contribution is 6.05.